The first kappa shape index (κ1) is 18.9. The molecular formula is C30H219N3O5. The van der Waals surface area contributed by atoms with Crippen LogP contribution in [-0.4, -0.2) is 46.2 Å². The van der Waals surface area contributed by atoms with Crippen LogP contribution in [0.3, 0.4) is 0 Å². The summed E-state index contributed by atoms with van der Waals surface area (Å²) in [5.41, 5.74) is 2.20. The first-order valence-corrected chi connectivity index (χ1v) is 13.2. The van der Waals surface area contributed by atoms with E-state index in [-0.39, 0.29) is 157 Å². The van der Waals surface area contributed by atoms with E-state index in [0.29, 0.717) is 17.0 Å². The molecule has 3 aromatic rings. The second-order valence-corrected chi connectivity index (χ2v) is 11.0. The van der Waals surface area contributed by atoms with E-state index in [1.54, 1.807) is 20.1 Å². The Morgan fingerprint density at radius 2 is 2.11 bits per heavy atom. The summed E-state index contributed by atoms with van der Waals surface area (Å²) in [7, 11) is 3.71. The number of rotatable bonds is 6. The van der Waals surface area contributed by atoms with Crippen molar-refractivity contribution in [3.05, 3.63) is 56.4 Å². The van der Waals surface area contributed by atoms with Crippen molar-refractivity contribution in [3.8, 4) is 17.1 Å². The molecule has 0 saturated carbocycles. The quantitative estimate of drug-likeness (QED) is 0.254. The number of nitrogens with zero attached hydrogens (tertiary/aromatic N) is 3. The second kappa shape index (κ2) is 9.20. The zero-order valence-electron chi connectivity index (χ0n) is 36.4. The molecule has 2 aliphatic heterocycles. The highest BCUT2D eigenvalue weighted by atomic mass is 16.6. The van der Waals surface area contributed by atoms with E-state index < -0.39 is 23.1 Å². The second-order valence-electron chi connectivity index (χ2n) is 11.0. The molecule has 4 heterocycles. The number of esters is 1. The van der Waals surface area contributed by atoms with Crippen molar-refractivity contribution in [1.29, 1.82) is 0 Å². The molecule has 2 unspecified atom stereocenters. The molecule has 1 N–H and O–H groups in total. The van der Waals surface area contributed by atoms with Crippen LogP contribution in [0.4, 0.5) is 0 Å². The fraction of sp³-hybridized carbons (Fsp3) is 0.500. The molecule has 0 spiro atoms. The molecule has 1 aromatic carbocycles. The number of aromatic nitrogens is 2. The average molecular weight is 716 g/mol. The summed E-state index contributed by atoms with van der Waals surface area (Å²) in [6.45, 7) is 12.3. The lowest BCUT2D eigenvalue weighted by atomic mass is 9.82. The van der Waals surface area contributed by atoms with Gasteiger partial charge in [-0.3, -0.25) is 14.3 Å². The number of hydrogen-bond donors (Lipinski definition) is 1. The van der Waals surface area contributed by atoms with Crippen LogP contribution in [0.5, 0.6) is 5.75 Å². The van der Waals surface area contributed by atoms with Crippen LogP contribution < -0.4 is 10.3 Å². The molecule has 8 nitrogen and oxygen atoms in total. The van der Waals surface area contributed by atoms with Crippen molar-refractivity contribution >= 4 is 16.9 Å². The Kier molecular flexibility index (Phi) is 4.58. The van der Waals surface area contributed by atoms with E-state index in [1.807, 2.05) is 32.9 Å². The Balaban J connectivity index is -0.00000000281. The van der Waals surface area contributed by atoms with Crippen molar-refractivity contribution in [2.45, 2.75) is 72.2 Å². The molecule has 3 atom stereocenters. The summed E-state index contributed by atoms with van der Waals surface area (Å²) in [6.07, 6.45) is 0.114. The van der Waals surface area contributed by atoms with E-state index >= 15 is 0 Å². The maximum Gasteiger partial charge on any atom is 0.343 e. The Morgan fingerprint density at radius 1 is 1.39 bits per heavy atom. The lowest BCUT2D eigenvalue weighted by Gasteiger charge is -2.34. The van der Waals surface area contributed by atoms with Gasteiger partial charge in [0.05, 0.1) is 37.0 Å². The van der Waals surface area contributed by atoms with Gasteiger partial charge in [-0.25, -0.2) is 9.78 Å². The highest BCUT2D eigenvalue weighted by Gasteiger charge is 2.47. The molecule has 2 aromatic heterocycles. The fourth-order valence-electron chi connectivity index (χ4n) is 6.04. The molecule has 8 heteroatoms. The van der Waals surface area contributed by atoms with Gasteiger partial charge in [0, 0.05) is 167 Å². The van der Waals surface area contributed by atoms with Gasteiger partial charge in [0.25, 0.3) is 5.56 Å². The monoisotopic (exact) mass is 716 g/mol. The van der Waals surface area contributed by atoms with Crippen LogP contribution >= 0.6 is 0 Å². The summed E-state index contributed by atoms with van der Waals surface area (Å²) in [4.78, 5) is 33.9. The van der Waals surface area contributed by atoms with Crippen molar-refractivity contribution in [1.82, 2.24) is 14.5 Å². The van der Waals surface area contributed by atoms with Crippen LogP contribution in [0.25, 0.3) is 22.3 Å². The Bertz CT molecular complexity index is 1690. The molecule has 0 radical (unpaired) electrons. The van der Waals surface area contributed by atoms with Crippen molar-refractivity contribution < 1.29 is 160 Å². The van der Waals surface area contributed by atoms with Crippen LogP contribution in [-0.2, 0) is 21.7 Å². The maximum atomic E-state index is 13.9. The number of aliphatic hydroxyl groups is 1. The lowest BCUT2D eigenvalue weighted by molar-refractivity contribution is -0.174. The minimum Gasteiger partial charge on any atom is -0.496 e. The smallest absolute Gasteiger partial charge is 0.343 e. The van der Waals surface area contributed by atoms with Crippen molar-refractivity contribution in [2.75, 3.05) is 20.7 Å². The van der Waals surface area contributed by atoms with E-state index in [1.165, 1.54) is 4.57 Å². The molecule has 0 saturated heterocycles. The van der Waals surface area contributed by atoms with Gasteiger partial charge in [-0.2, -0.15) is 0 Å². The van der Waals surface area contributed by atoms with Gasteiger partial charge in [-0.05, 0) is 70.5 Å². The van der Waals surface area contributed by atoms with E-state index in [9.17, 15) is 16.1 Å². The summed E-state index contributed by atoms with van der Waals surface area (Å²) < 4.78 is 81.9. The fourth-order valence-corrected chi connectivity index (χ4v) is 6.04. The van der Waals surface area contributed by atoms with Gasteiger partial charge in [-0.15, -0.1) is 0 Å². The van der Waals surface area contributed by atoms with E-state index in [2.05, 4.69) is 25.8 Å². The predicted molar refractivity (Wildman–Crippen MR) is 339 cm³/mol. The van der Waals surface area contributed by atoms with Crippen LogP contribution in [0, 0.1) is 12.8 Å². The molecule has 2 aliphatic rings. The van der Waals surface area contributed by atoms with Crippen LogP contribution in [0.15, 0.2) is 23.0 Å². The molecular weight excluding hydrogens is 482 g/mol. The number of carbonyl (C=O) groups is 1. The van der Waals surface area contributed by atoms with Crippen LogP contribution in [0.2, 0.25) is 0 Å². The number of pyridine rings is 2. The number of ether oxygens (including phenoxy) is 2. The van der Waals surface area contributed by atoms with Gasteiger partial charge in [0.15, 0.2) is 5.60 Å². The maximum absolute atomic E-state index is 13.9. The third-order valence-electron chi connectivity index (χ3n) is 8.19. The standard InChI is InChI=1S/C30H37N3O5.91H2/c1-9-32(7)18(6)25-20-11-19-17(5)33-24(26(19)31-23(20)10-16(4)27(25)37-8)12-22-21(28(33)34)14-38-29(35)30(22,36)13-15(2)3;;;;;;;;;;;;;;;;;;;;;;;;;;;;;;;;;;;;;;;;;;;;;;;;;;;;;;;;;;;;;;;;;;;;;;;;;;;;;;;;;;;;;;;;;;;/h10-12,15,17-18,36H,9,13-14H2,1-8H3;91*1H/t17?,18?,30-;;;;;;;;;;;;;;;;;;;;;;;;;;;;;;;;;;;;;;;;;;;;;;;;;;;;;;;;;;;;;;;;;;;;;;;;;;;;;;;;;;;;;;;;;;;/m0.........................................................................................../s1/i17D;6*1+1D;;;;;;;;;;;;;;;;;;;;;;;;;;;;;;;;;;;;;;;;;;;;;;;;;;;;;;;;;;;;;;;;;;;;;;;;;;;;;;;;;;;;;. The van der Waals surface area contributed by atoms with Gasteiger partial charge >= 0.3 is 5.97 Å². The van der Waals surface area contributed by atoms with E-state index in [0.717, 1.165) is 34.3 Å². The Morgan fingerprint density at radius 3 is 2.74 bits per heavy atom. The Hall–Kier alpha value is -3.23. The lowest BCUT2D eigenvalue weighted by Crippen LogP contribution is -2.45. The highest BCUT2D eigenvalue weighted by Crippen LogP contribution is 2.45. The number of aryl methyl sites for hydroxylation is 1. The number of hydrogen-bond acceptors (Lipinski definition) is 7. The van der Waals surface area contributed by atoms with Gasteiger partial charge < -0.3 is 14.6 Å². The third-order valence-corrected chi connectivity index (χ3v) is 8.19. The zero-order chi connectivity index (χ0) is 40.6. The van der Waals surface area contributed by atoms with Gasteiger partial charge in [-0.1, -0.05) is 20.8 Å². The summed E-state index contributed by atoms with van der Waals surface area (Å²) in [5, 5.41) is 12.4. The summed E-state index contributed by atoms with van der Waals surface area (Å²) in [6, 6.07) is 4.13. The minimum absolute atomic E-state index is 0. The average Bonchev–Trinajstić information content (AvgIpc) is 3.38. The molecule has 0 amide bonds. The van der Waals surface area contributed by atoms with E-state index in [4.69, 9.17) is 32.3 Å². The molecule has 5 rings (SSSR count). The summed E-state index contributed by atoms with van der Waals surface area (Å²) >= 11 is 0. The third kappa shape index (κ3) is 3.68. The minimum atomic E-state index is -1.94. The number of benzene rings is 1. The van der Waals surface area contributed by atoms with Crippen molar-refractivity contribution in [3.63, 3.8) is 0 Å². The molecule has 0 fully saturated rings. The molecule has 38 heavy (non-hydrogen) atoms. The summed E-state index contributed by atoms with van der Waals surface area (Å²) in [5.74, 6) is -0.00557. The number of cyclic esters (lactones) is 1. The predicted octanol–water partition coefficient (Wildman–Crippen LogP) is 27.0. The number of methoxy groups -OCH3 is 1. The zero-order valence-corrected chi connectivity index (χ0v) is 23.4. The molecule has 0 bridgehead atoms. The SMILES string of the molecule is [2H]C1(C)c2cc3c(C(C)N(C)CC)c(OC)c(C)cc3nc2-c2cc3c(c(=O)n21)COC(=O)[C@]3(O)CC(C)C.[2H][2H].[2H][2H].[2H][2H].[2H][2H].[2H][2H].[2H][2H].[HH].[HH].[HH].[HH].[HH].[HH].[HH].[HH].[HH].[HH].[HH].[HH].[HH].[HH].[HH].[HH].[HH].[HH].[HH].[HH].[HH].[HH].[HH].[HH].[HH].[HH].[HH].[HH].[HH].[HH].[HH].[HH].[HH].[HH].[HH].[HH].[HH].[HH].[HH].[HH].[HH].[HH].[HH].[HH].[HH].[HH].[HH].[HH].[HH].[HH].[HH].[HH].[HH].[HH].[HH].[HH].[HH].[HH].[HH].[HH].[HH].[HH].[HH].[HH].[HH].[HH].[HH].[HH].[HH].[HH].[HH].[HH].[HH].[HH].[HH].[HH].[HH].[HH].[HH].[HH].[HH].[HH].[HH].[HH].[HH]. The van der Waals surface area contributed by atoms with Crippen molar-refractivity contribution in [2.24, 2.45) is 5.92 Å². The largest absolute Gasteiger partial charge is 0.496 e. The van der Waals surface area contributed by atoms with Crippen LogP contribution in [0.1, 0.15) is 221 Å². The molecule has 0 aliphatic carbocycles. The first-order valence-electron chi connectivity index (χ1n) is 19.7. The van der Waals surface area contributed by atoms with Gasteiger partial charge in [0.1, 0.15) is 12.4 Å². The highest BCUT2D eigenvalue weighted by molar-refractivity contribution is 5.91. The number of fused-ring (bicyclic) bond motifs is 5. The first-order chi connectivity index (χ1) is 24.3. The Labute approximate surface area is 369 Å². The molecule has 384 valence electrons. The van der Waals surface area contributed by atoms with Gasteiger partial charge in [0.2, 0.25) is 0 Å². The number of carbonyl (C=O) groups excluding carboxylic acids is 1. The normalized spacial score (nSPS) is 24.5. The topological polar surface area (TPSA) is 93.9 Å².